The predicted molar refractivity (Wildman–Crippen MR) is 88.5 cm³/mol. The number of fused-ring (bicyclic) bond motifs is 1. The zero-order valence-corrected chi connectivity index (χ0v) is 12.6. The summed E-state index contributed by atoms with van der Waals surface area (Å²) in [6.07, 6.45) is 0. The van der Waals surface area contributed by atoms with Crippen molar-refractivity contribution in [2.24, 2.45) is 0 Å². The maximum Gasteiger partial charge on any atom is 0.271 e. The summed E-state index contributed by atoms with van der Waals surface area (Å²) >= 11 is 0. The summed E-state index contributed by atoms with van der Waals surface area (Å²) in [5.41, 5.74) is 2.78. The first-order valence-corrected chi connectivity index (χ1v) is 7.37. The standard InChI is InChI=1S/C18H16N4O/c19-10-11-22(12-14-6-2-1-3-7-14)13-17-18(23)21-16-9-5-4-8-15(16)20-17/h1-9H,11-13H2,(H,21,23). The molecule has 0 atom stereocenters. The van der Waals surface area contributed by atoms with Crippen molar-refractivity contribution in [2.75, 3.05) is 6.54 Å². The first kappa shape index (κ1) is 14.9. The Hall–Kier alpha value is -2.97. The third-order valence-electron chi connectivity index (χ3n) is 3.59. The van der Waals surface area contributed by atoms with Gasteiger partial charge < -0.3 is 4.98 Å². The molecule has 3 rings (SSSR count). The predicted octanol–water partition coefficient (Wildman–Crippen LogP) is 2.45. The molecule has 3 aromatic rings. The average molecular weight is 304 g/mol. The summed E-state index contributed by atoms with van der Waals surface area (Å²) in [7, 11) is 0. The molecule has 5 nitrogen and oxygen atoms in total. The maximum atomic E-state index is 12.2. The molecular formula is C18H16N4O. The van der Waals surface area contributed by atoms with Gasteiger partial charge in [0.05, 0.1) is 23.6 Å². The van der Waals surface area contributed by atoms with Crippen molar-refractivity contribution in [1.29, 1.82) is 5.26 Å². The molecule has 2 aromatic carbocycles. The van der Waals surface area contributed by atoms with Crippen molar-refractivity contribution < 1.29 is 0 Å². The minimum absolute atomic E-state index is 0.209. The van der Waals surface area contributed by atoms with Crippen LogP contribution in [-0.4, -0.2) is 21.4 Å². The number of nitrogens with one attached hydrogen (secondary N) is 1. The Kier molecular flexibility index (Phi) is 4.46. The molecule has 1 aromatic heterocycles. The van der Waals surface area contributed by atoms with Gasteiger partial charge in [-0.15, -0.1) is 0 Å². The zero-order valence-electron chi connectivity index (χ0n) is 12.6. The average Bonchev–Trinajstić information content (AvgIpc) is 2.57. The molecule has 0 spiro atoms. The van der Waals surface area contributed by atoms with Crippen molar-refractivity contribution in [3.05, 3.63) is 76.2 Å². The lowest BCUT2D eigenvalue weighted by atomic mass is 10.2. The number of rotatable bonds is 5. The molecule has 1 heterocycles. The van der Waals surface area contributed by atoms with E-state index in [1.807, 2.05) is 59.5 Å². The van der Waals surface area contributed by atoms with Crippen LogP contribution in [0.4, 0.5) is 0 Å². The largest absolute Gasteiger partial charge is 0.319 e. The van der Waals surface area contributed by atoms with E-state index >= 15 is 0 Å². The number of nitriles is 1. The molecule has 23 heavy (non-hydrogen) atoms. The molecule has 114 valence electrons. The molecule has 5 heteroatoms. The van der Waals surface area contributed by atoms with Crippen molar-refractivity contribution in [3.63, 3.8) is 0 Å². The number of hydrogen-bond acceptors (Lipinski definition) is 4. The minimum atomic E-state index is -0.209. The molecule has 0 aliphatic rings. The lowest BCUT2D eigenvalue weighted by Gasteiger charge is -2.18. The van der Waals surface area contributed by atoms with Crippen LogP contribution in [0.15, 0.2) is 59.4 Å². The quantitative estimate of drug-likeness (QED) is 0.735. The van der Waals surface area contributed by atoms with E-state index in [0.29, 0.717) is 18.8 Å². The number of aromatic amines is 1. The molecule has 0 aliphatic carbocycles. The summed E-state index contributed by atoms with van der Waals surface area (Å²) in [5, 5.41) is 9.04. The van der Waals surface area contributed by atoms with Crippen LogP contribution in [0.5, 0.6) is 0 Å². The monoisotopic (exact) mass is 304 g/mol. The van der Waals surface area contributed by atoms with E-state index in [-0.39, 0.29) is 12.1 Å². The topological polar surface area (TPSA) is 72.8 Å². The van der Waals surface area contributed by atoms with Crippen LogP contribution in [0.1, 0.15) is 11.3 Å². The van der Waals surface area contributed by atoms with Gasteiger partial charge >= 0.3 is 0 Å². The Bertz CT molecular complexity index is 896. The number of hydrogen-bond donors (Lipinski definition) is 1. The van der Waals surface area contributed by atoms with Gasteiger partial charge in [-0.2, -0.15) is 5.26 Å². The van der Waals surface area contributed by atoms with Gasteiger partial charge in [0.2, 0.25) is 0 Å². The van der Waals surface area contributed by atoms with Crippen molar-refractivity contribution in [1.82, 2.24) is 14.9 Å². The summed E-state index contributed by atoms with van der Waals surface area (Å²) in [4.78, 5) is 21.4. The molecular weight excluding hydrogens is 288 g/mol. The van der Waals surface area contributed by atoms with Crippen LogP contribution in [0.2, 0.25) is 0 Å². The van der Waals surface area contributed by atoms with Gasteiger partial charge in [0.1, 0.15) is 5.69 Å². The zero-order chi connectivity index (χ0) is 16.1. The van der Waals surface area contributed by atoms with Gasteiger partial charge in [-0.3, -0.25) is 9.69 Å². The molecule has 0 unspecified atom stereocenters. The first-order valence-electron chi connectivity index (χ1n) is 7.37. The summed E-state index contributed by atoms with van der Waals surface area (Å²) in [6, 6.07) is 19.5. The lowest BCUT2D eigenvalue weighted by molar-refractivity contribution is 0.285. The van der Waals surface area contributed by atoms with Gasteiger partial charge in [0.25, 0.3) is 5.56 Å². The fourth-order valence-corrected chi connectivity index (χ4v) is 2.50. The van der Waals surface area contributed by atoms with Crippen LogP contribution in [0.25, 0.3) is 11.0 Å². The number of para-hydroxylation sites is 2. The van der Waals surface area contributed by atoms with Crippen molar-refractivity contribution >= 4 is 11.0 Å². The third-order valence-corrected chi connectivity index (χ3v) is 3.59. The molecule has 0 aliphatic heterocycles. The molecule has 0 fully saturated rings. The van der Waals surface area contributed by atoms with E-state index in [2.05, 4.69) is 16.0 Å². The third kappa shape index (κ3) is 3.62. The van der Waals surface area contributed by atoms with Crippen molar-refractivity contribution in [2.45, 2.75) is 13.1 Å². The Morgan fingerprint density at radius 3 is 2.57 bits per heavy atom. The number of nitrogens with zero attached hydrogens (tertiary/aromatic N) is 3. The second kappa shape index (κ2) is 6.86. The smallest absolute Gasteiger partial charge is 0.271 e. The first-order chi connectivity index (χ1) is 11.3. The number of benzene rings is 2. The fraction of sp³-hybridized carbons (Fsp3) is 0.167. The number of aromatic nitrogens is 2. The van der Waals surface area contributed by atoms with Gasteiger partial charge in [-0.05, 0) is 17.7 Å². The second-order valence-electron chi connectivity index (χ2n) is 5.32. The summed E-state index contributed by atoms with van der Waals surface area (Å²) in [6.45, 7) is 1.17. The highest BCUT2D eigenvalue weighted by atomic mass is 16.1. The van der Waals surface area contributed by atoms with Crippen LogP contribution in [-0.2, 0) is 13.1 Å². The molecule has 0 radical (unpaired) electrons. The fourth-order valence-electron chi connectivity index (χ4n) is 2.50. The molecule has 0 saturated carbocycles. The summed E-state index contributed by atoms with van der Waals surface area (Å²) < 4.78 is 0. The van der Waals surface area contributed by atoms with Crippen molar-refractivity contribution in [3.8, 4) is 6.07 Å². The lowest BCUT2D eigenvalue weighted by Crippen LogP contribution is -2.28. The van der Waals surface area contributed by atoms with E-state index in [9.17, 15) is 4.79 Å². The van der Waals surface area contributed by atoms with E-state index in [0.717, 1.165) is 16.6 Å². The second-order valence-corrected chi connectivity index (χ2v) is 5.32. The van der Waals surface area contributed by atoms with Gasteiger partial charge in [0.15, 0.2) is 0 Å². The number of H-pyrrole nitrogens is 1. The van der Waals surface area contributed by atoms with E-state index in [1.54, 1.807) is 0 Å². The van der Waals surface area contributed by atoms with Crippen LogP contribution in [0.3, 0.4) is 0 Å². The summed E-state index contributed by atoms with van der Waals surface area (Å²) in [5.74, 6) is 0. The van der Waals surface area contributed by atoms with Crippen LogP contribution < -0.4 is 5.56 Å². The highest BCUT2D eigenvalue weighted by Crippen LogP contribution is 2.09. The van der Waals surface area contributed by atoms with E-state index in [1.165, 1.54) is 0 Å². The Morgan fingerprint density at radius 2 is 1.78 bits per heavy atom. The Balaban J connectivity index is 1.86. The molecule has 1 N–H and O–H groups in total. The highest BCUT2D eigenvalue weighted by molar-refractivity contribution is 5.73. The van der Waals surface area contributed by atoms with Gasteiger partial charge in [-0.25, -0.2) is 4.98 Å². The molecule has 0 amide bonds. The van der Waals surface area contributed by atoms with Crippen LogP contribution >= 0.6 is 0 Å². The highest BCUT2D eigenvalue weighted by Gasteiger charge is 2.11. The van der Waals surface area contributed by atoms with Gasteiger partial charge in [-0.1, -0.05) is 42.5 Å². The van der Waals surface area contributed by atoms with Gasteiger partial charge in [0, 0.05) is 13.1 Å². The Morgan fingerprint density at radius 1 is 1.04 bits per heavy atom. The van der Waals surface area contributed by atoms with E-state index in [4.69, 9.17) is 5.26 Å². The molecule has 0 saturated heterocycles. The van der Waals surface area contributed by atoms with E-state index < -0.39 is 0 Å². The Labute approximate surface area is 133 Å². The normalized spacial score (nSPS) is 10.8. The van der Waals surface area contributed by atoms with Crippen LogP contribution in [0, 0.1) is 11.3 Å². The maximum absolute atomic E-state index is 12.2. The molecule has 0 bridgehead atoms. The minimum Gasteiger partial charge on any atom is -0.319 e. The SMILES string of the molecule is N#CCN(Cc1ccccc1)Cc1nc2ccccc2[nH]c1=O.